The Bertz CT molecular complexity index is 1020. The Balaban J connectivity index is 1.29. The first-order valence-corrected chi connectivity index (χ1v) is 10.3. The van der Waals surface area contributed by atoms with Crippen molar-refractivity contribution in [3.63, 3.8) is 0 Å². The van der Waals surface area contributed by atoms with Crippen LogP contribution >= 0.6 is 11.6 Å². The maximum atomic E-state index is 12.4. The highest BCUT2D eigenvalue weighted by molar-refractivity contribution is 6.30. The number of hydrogen-bond acceptors (Lipinski definition) is 8. The second kappa shape index (κ2) is 9.86. The van der Waals surface area contributed by atoms with Gasteiger partial charge in [0.15, 0.2) is 5.82 Å². The number of carbonyl (C=O) groups is 1. The molecule has 0 saturated carbocycles. The van der Waals surface area contributed by atoms with E-state index in [4.69, 9.17) is 20.9 Å². The highest BCUT2D eigenvalue weighted by Gasteiger charge is 2.20. The summed E-state index contributed by atoms with van der Waals surface area (Å²) >= 11 is 5.96. The van der Waals surface area contributed by atoms with E-state index in [0.29, 0.717) is 41.1 Å². The molecule has 1 amide bonds. The maximum absolute atomic E-state index is 12.4. The topological polar surface area (TPSA) is 96.6 Å². The molecule has 1 aromatic carbocycles. The maximum Gasteiger partial charge on any atom is 0.257 e. The molecule has 3 aromatic rings. The molecule has 2 aromatic heterocycles. The molecular weight excluding hydrogens is 420 g/mol. The highest BCUT2D eigenvalue weighted by Crippen LogP contribution is 2.18. The number of amides is 1. The van der Waals surface area contributed by atoms with Crippen LogP contribution in [0.15, 0.2) is 47.1 Å². The molecule has 3 heterocycles. The van der Waals surface area contributed by atoms with Crippen molar-refractivity contribution in [1.82, 2.24) is 20.0 Å². The van der Waals surface area contributed by atoms with Gasteiger partial charge in [-0.1, -0.05) is 22.8 Å². The highest BCUT2D eigenvalue weighted by atomic mass is 35.5. The van der Waals surface area contributed by atoms with E-state index in [1.165, 1.54) is 0 Å². The van der Waals surface area contributed by atoms with E-state index in [-0.39, 0.29) is 5.91 Å². The summed E-state index contributed by atoms with van der Waals surface area (Å²) in [5.41, 5.74) is 1.14. The van der Waals surface area contributed by atoms with Crippen LogP contribution < -0.4 is 10.2 Å². The summed E-state index contributed by atoms with van der Waals surface area (Å²) in [7, 11) is 1.60. The summed E-state index contributed by atoms with van der Waals surface area (Å²) in [5.74, 6) is 1.77. The van der Waals surface area contributed by atoms with Crippen molar-refractivity contribution in [2.75, 3.05) is 43.5 Å². The van der Waals surface area contributed by atoms with Crippen LogP contribution in [0.1, 0.15) is 22.1 Å². The molecule has 1 saturated heterocycles. The SMILES string of the molecule is COCc1noc(CN2CCN(c3ccc(C(=O)Nc4cccc(Cl)c4)cn3)CC2)n1. The Morgan fingerprint density at radius 1 is 1.23 bits per heavy atom. The van der Waals surface area contributed by atoms with Crippen LogP contribution in [0.25, 0.3) is 0 Å². The quantitative estimate of drug-likeness (QED) is 0.596. The molecule has 0 unspecified atom stereocenters. The number of carbonyl (C=O) groups excluding carboxylic acids is 1. The zero-order chi connectivity index (χ0) is 21.6. The Kier molecular flexibility index (Phi) is 6.76. The molecule has 0 bridgehead atoms. The number of piperazine rings is 1. The summed E-state index contributed by atoms with van der Waals surface area (Å²) in [5, 5.41) is 7.28. The molecule has 0 aliphatic carbocycles. The first-order valence-electron chi connectivity index (χ1n) is 9.91. The summed E-state index contributed by atoms with van der Waals surface area (Å²) in [6, 6.07) is 10.7. The van der Waals surface area contributed by atoms with Gasteiger partial charge in [0.1, 0.15) is 12.4 Å². The van der Waals surface area contributed by atoms with E-state index in [1.54, 1.807) is 43.6 Å². The number of rotatable bonds is 7. The van der Waals surface area contributed by atoms with Crippen molar-refractivity contribution in [3.05, 3.63) is 64.9 Å². The van der Waals surface area contributed by atoms with Gasteiger partial charge in [0.25, 0.3) is 5.91 Å². The average molecular weight is 443 g/mol. The first-order chi connectivity index (χ1) is 15.1. The van der Waals surface area contributed by atoms with Crippen LogP contribution in [-0.2, 0) is 17.9 Å². The minimum absolute atomic E-state index is 0.224. The van der Waals surface area contributed by atoms with E-state index in [1.807, 2.05) is 6.07 Å². The molecule has 1 aliphatic rings. The second-order valence-corrected chi connectivity index (χ2v) is 7.61. The smallest absolute Gasteiger partial charge is 0.257 e. The van der Waals surface area contributed by atoms with E-state index in [2.05, 4.69) is 30.2 Å². The summed E-state index contributed by atoms with van der Waals surface area (Å²) < 4.78 is 10.3. The van der Waals surface area contributed by atoms with Gasteiger partial charge in [-0.25, -0.2) is 4.98 Å². The van der Waals surface area contributed by atoms with E-state index in [0.717, 1.165) is 32.0 Å². The lowest BCUT2D eigenvalue weighted by Crippen LogP contribution is -2.46. The van der Waals surface area contributed by atoms with Crippen molar-refractivity contribution in [2.45, 2.75) is 13.2 Å². The van der Waals surface area contributed by atoms with Crippen LogP contribution in [0.5, 0.6) is 0 Å². The minimum atomic E-state index is -0.224. The average Bonchev–Trinajstić information content (AvgIpc) is 3.21. The summed E-state index contributed by atoms with van der Waals surface area (Å²) in [4.78, 5) is 25.7. The van der Waals surface area contributed by atoms with Gasteiger partial charge in [0.05, 0.1) is 12.1 Å². The van der Waals surface area contributed by atoms with Gasteiger partial charge >= 0.3 is 0 Å². The number of ether oxygens (including phenoxy) is 1. The van der Waals surface area contributed by atoms with Crippen molar-refractivity contribution in [3.8, 4) is 0 Å². The van der Waals surface area contributed by atoms with Gasteiger partial charge < -0.3 is 19.5 Å². The number of nitrogens with zero attached hydrogens (tertiary/aromatic N) is 5. The Labute approximate surface area is 185 Å². The fourth-order valence-electron chi connectivity index (χ4n) is 3.35. The normalized spacial score (nSPS) is 14.6. The molecular formula is C21H23ClN6O3. The van der Waals surface area contributed by atoms with Crippen LogP contribution in [0.2, 0.25) is 5.02 Å². The first kappa shape index (κ1) is 21.2. The zero-order valence-corrected chi connectivity index (χ0v) is 17.9. The monoisotopic (exact) mass is 442 g/mol. The van der Waals surface area contributed by atoms with Gasteiger partial charge in [0.2, 0.25) is 5.89 Å². The molecule has 0 atom stereocenters. The fraction of sp³-hybridized carbons (Fsp3) is 0.333. The largest absolute Gasteiger partial charge is 0.377 e. The minimum Gasteiger partial charge on any atom is -0.377 e. The third-order valence-electron chi connectivity index (χ3n) is 4.93. The molecule has 0 radical (unpaired) electrons. The number of aromatic nitrogens is 3. The van der Waals surface area contributed by atoms with Gasteiger partial charge in [-0.05, 0) is 30.3 Å². The standard InChI is InChI=1S/C21H23ClN6O3/c1-30-14-18-25-20(31-26-18)13-27-7-9-28(10-8-27)19-6-5-15(12-23-19)21(29)24-17-4-2-3-16(22)11-17/h2-6,11-12H,7-10,13-14H2,1H3,(H,24,29). The lowest BCUT2D eigenvalue weighted by atomic mass is 10.2. The van der Waals surface area contributed by atoms with E-state index in [9.17, 15) is 4.79 Å². The van der Waals surface area contributed by atoms with Crippen LogP contribution in [0.4, 0.5) is 11.5 Å². The van der Waals surface area contributed by atoms with Crippen molar-refractivity contribution in [2.24, 2.45) is 0 Å². The third-order valence-corrected chi connectivity index (χ3v) is 5.17. The fourth-order valence-corrected chi connectivity index (χ4v) is 3.54. The summed E-state index contributed by atoms with van der Waals surface area (Å²) in [6.45, 7) is 4.29. The van der Waals surface area contributed by atoms with Gasteiger partial charge in [-0.2, -0.15) is 4.98 Å². The number of nitrogens with one attached hydrogen (secondary N) is 1. The molecule has 1 N–H and O–H groups in total. The lowest BCUT2D eigenvalue weighted by Gasteiger charge is -2.34. The number of pyridine rings is 1. The molecule has 31 heavy (non-hydrogen) atoms. The molecule has 0 spiro atoms. The van der Waals surface area contributed by atoms with Crippen LogP contribution in [-0.4, -0.2) is 59.2 Å². The van der Waals surface area contributed by atoms with E-state index < -0.39 is 0 Å². The predicted octanol–water partition coefficient (Wildman–Crippen LogP) is 2.84. The van der Waals surface area contributed by atoms with Gasteiger partial charge in [0, 0.05) is 50.2 Å². The zero-order valence-electron chi connectivity index (χ0n) is 17.1. The lowest BCUT2D eigenvalue weighted by molar-refractivity contribution is 0.102. The number of methoxy groups -OCH3 is 1. The Morgan fingerprint density at radius 2 is 2.06 bits per heavy atom. The Morgan fingerprint density at radius 3 is 2.77 bits per heavy atom. The number of hydrogen-bond donors (Lipinski definition) is 1. The van der Waals surface area contributed by atoms with Crippen LogP contribution in [0, 0.1) is 0 Å². The third kappa shape index (κ3) is 5.57. The molecule has 1 fully saturated rings. The molecule has 162 valence electrons. The van der Waals surface area contributed by atoms with Crippen molar-refractivity contribution in [1.29, 1.82) is 0 Å². The second-order valence-electron chi connectivity index (χ2n) is 7.17. The Hall–Kier alpha value is -3.01. The van der Waals surface area contributed by atoms with Gasteiger partial charge in [-0.3, -0.25) is 9.69 Å². The molecule has 10 heteroatoms. The van der Waals surface area contributed by atoms with Crippen LogP contribution in [0.3, 0.4) is 0 Å². The van der Waals surface area contributed by atoms with Crippen molar-refractivity contribution >= 4 is 29.0 Å². The molecule has 4 rings (SSSR count). The van der Waals surface area contributed by atoms with Gasteiger partial charge in [-0.15, -0.1) is 0 Å². The molecule has 9 nitrogen and oxygen atoms in total. The summed E-state index contributed by atoms with van der Waals surface area (Å²) in [6.07, 6.45) is 1.59. The van der Waals surface area contributed by atoms with Crippen molar-refractivity contribution < 1.29 is 14.1 Å². The number of benzene rings is 1. The molecule has 1 aliphatic heterocycles. The van der Waals surface area contributed by atoms with E-state index >= 15 is 0 Å². The number of anilines is 2. The number of halogens is 1. The predicted molar refractivity (Wildman–Crippen MR) is 116 cm³/mol.